The first-order valence-electron chi connectivity index (χ1n) is 12.3. The van der Waals surface area contributed by atoms with E-state index in [2.05, 4.69) is 5.32 Å². The van der Waals surface area contributed by atoms with Crippen LogP contribution in [-0.4, -0.2) is 60.8 Å². The van der Waals surface area contributed by atoms with E-state index in [1.807, 2.05) is 78.8 Å². The number of carbonyl (C=O) groups is 3. The molecule has 0 fully saturated rings. The number of rotatable bonds is 12. The smallest absolute Gasteiger partial charge is 0.408 e. The maximum Gasteiger partial charge on any atom is 0.408 e. The van der Waals surface area contributed by atoms with Crippen LogP contribution >= 0.6 is 0 Å². The second-order valence-corrected chi connectivity index (χ2v) is 10.3. The molecule has 0 saturated heterocycles. The van der Waals surface area contributed by atoms with Gasteiger partial charge < -0.3 is 24.4 Å². The van der Waals surface area contributed by atoms with Crippen molar-refractivity contribution in [2.24, 2.45) is 11.8 Å². The molecule has 8 heteroatoms. The quantitative estimate of drug-likeness (QED) is 0.430. The summed E-state index contributed by atoms with van der Waals surface area (Å²) in [7, 11) is 3.22. The Bertz CT molecular complexity index is 806. The van der Waals surface area contributed by atoms with E-state index < -0.39 is 29.9 Å². The SMILES string of the molecule is CC[C@H](C)C([C@@H](CC(=O)OC(C)(C)C)OC)N(C)C(=O)[C@@H](NC(=O)OCc1ccccc1)C(C)C. The molecule has 1 aromatic rings. The average Bonchev–Trinajstić information content (AvgIpc) is 2.79. The molecule has 8 nitrogen and oxygen atoms in total. The first-order valence-corrected chi connectivity index (χ1v) is 12.3. The molecule has 0 saturated carbocycles. The number of alkyl carbamates (subject to hydrolysis) is 1. The van der Waals surface area contributed by atoms with Crippen LogP contribution in [0.2, 0.25) is 0 Å². The third kappa shape index (κ3) is 10.3. The van der Waals surface area contributed by atoms with Gasteiger partial charge in [0, 0.05) is 14.2 Å². The minimum absolute atomic E-state index is 0.0132. The fourth-order valence-electron chi connectivity index (χ4n) is 3.90. The van der Waals surface area contributed by atoms with Crippen molar-refractivity contribution >= 4 is 18.0 Å². The van der Waals surface area contributed by atoms with Crippen molar-refractivity contribution < 1.29 is 28.6 Å². The summed E-state index contributed by atoms with van der Waals surface area (Å²) in [6.45, 7) is 13.3. The van der Waals surface area contributed by atoms with Crippen molar-refractivity contribution in [3.8, 4) is 0 Å². The molecule has 1 N–H and O–H groups in total. The van der Waals surface area contributed by atoms with Crippen molar-refractivity contribution in [3.05, 3.63) is 35.9 Å². The summed E-state index contributed by atoms with van der Waals surface area (Å²) in [5.74, 6) is -0.803. The van der Waals surface area contributed by atoms with E-state index in [1.165, 1.54) is 7.11 Å². The van der Waals surface area contributed by atoms with Gasteiger partial charge in [0.1, 0.15) is 18.2 Å². The van der Waals surface area contributed by atoms with Gasteiger partial charge in [0.2, 0.25) is 5.91 Å². The number of nitrogens with zero attached hydrogens (tertiary/aromatic N) is 1. The summed E-state index contributed by atoms with van der Waals surface area (Å²) in [6, 6.07) is 8.14. The number of likely N-dealkylation sites (N-methyl/N-ethyl adjacent to an activating group) is 1. The van der Waals surface area contributed by atoms with Crippen LogP contribution in [0.15, 0.2) is 30.3 Å². The van der Waals surface area contributed by atoms with Gasteiger partial charge in [-0.25, -0.2) is 4.79 Å². The molecule has 2 amide bonds. The number of carbonyl (C=O) groups excluding carboxylic acids is 3. The zero-order valence-electron chi connectivity index (χ0n) is 22.8. The van der Waals surface area contributed by atoms with E-state index in [0.717, 1.165) is 12.0 Å². The van der Waals surface area contributed by atoms with Crippen LogP contribution in [-0.2, 0) is 30.4 Å². The Kier molecular flexibility index (Phi) is 12.2. The topological polar surface area (TPSA) is 94.2 Å². The predicted molar refractivity (Wildman–Crippen MR) is 136 cm³/mol. The molecule has 0 aliphatic carbocycles. The number of nitrogens with one attached hydrogen (secondary N) is 1. The van der Waals surface area contributed by atoms with Gasteiger partial charge in [-0.2, -0.15) is 0 Å². The first-order chi connectivity index (χ1) is 16.3. The minimum Gasteiger partial charge on any atom is -0.460 e. The van der Waals surface area contributed by atoms with E-state index in [-0.39, 0.29) is 36.7 Å². The Morgan fingerprint density at radius 1 is 1.06 bits per heavy atom. The van der Waals surface area contributed by atoms with Crippen LogP contribution in [0.3, 0.4) is 0 Å². The third-order valence-electron chi connectivity index (χ3n) is 5.91. The normalized spacial score (nSPS) is 15.0. The lowest BCUT2D eigenvalue weighted by Crippen LogP contribution is -2.57. The van der Waals surface area contributed by atoms with Crippen LogP contribution in [0.4, 0.5) is 4.79 Å². The second-order valence-electron chi connectivity index (χ2n) is 10.3. The maximum atomic E-state index is 13.6. The summed E-state index contributed by atoms with van der Waals surface area (Å²) in [4.78, 5) is 40.2. The van der Waals surface area contributed by atoms with Crippen LogP contribution in [0.25, 0.3) is 0 Å². The fraction of sp³-hybridized carbons (Fsp3) is 0.667. The molecule has 4 atom stereocenters. The molecule has 0 aliphatic rings. The highest BCUT2D eigenvalue weighted by Gasteiger charge is 2.38. The third-order valence-corrected chi connectivity index (χ3v) is 5.91. The van der Waals surface area contributed by atoms with Crippen molar-refractivity contribution in [3.63, 3.8) is 0 Å². The van der Waals surface area contributed by atoms with E-state index in [0.29, 0.717) is 0 Å². The molecule has 0 aromatic heterocycles. The standard InChI is InChI=1S/C27H44N2O6/c1-10-19(4)24(21(33-9)16-22(30)35-27(5,6)7)29(8)25(31)23(18(2)3)28-26(32)34-17-20-14-12-11-13-15-20/h11-15,18-19,21,23-24H,10,16-17H2,1-9H3,(H,28,32)/t19-,21+,23-,24?/m0/s1. The van der Waals surface area contributed by atoms with Gasteiger partial charge in [-0.3, -0.25) is 9.59 Å². The van der Waals surface area contributed by atoms with Crippen molar-refractivity contribution in [1.29, 1.82) is 0 Å². The van der Waals surface area contributed by atoms with E-state index >= 15 is 0 Å². The average molecular weight is 493 g/mol. The first kappa shape index (κ1) is 30.4. The number of hydrogen-bond donors (Lipinski definition) is 1. The lowest BCUT2D eigenvalue weighted by Gasteiger charge is -2.39. The monoisotopic (exact) mass is 492 g/mol. The summed E-state index contributed by atoms with van der Waals surface area (Å²) >= 11 is 0. The molecule has 1 unspecified atom stereocenters. The number of benzene rings is 1. The van der Waals surface area contributed by atoms with Crippen molar-refractivity contribution in [2.45, 2.75) is 91.7 Å². The Labute approximate surface area is 210 Å². The molecule has 0 bridgehead atoms. The van der Waals surface area contributed by atoms with Gasteiger partial charge in [-0.15, -0.1) is 0 Å². The lowest BCUT2D eigenvalue weighted by atomic mass is 9.90. The largest absolute Gasteiger partial charge is 0.460 e. The van der Waals surface area contributed by atoms with E-state index in [1.54, 1.807) is 11.9 Å². The Morgan fingerprint density at radius 2 is 1.66 bits per heavy atom. The Hall–Kier alpha value is -2.61. The molecule has 0 aliphatic heterocycles. The van der Waals surface area contributed by atoms with Crippen molar-refractivity contribution in [1.82, 2.24) is 10.2 Å². The second kappa shape index (κ2) is 14.1. The molecule has 198 valence electrons. The van der Waals surface area contributed by atoms with Gasteiger partial charge in [-0.05, 0) is 38.2 Å². The lowest BCUT2D eigenvalue weighted by molar-refractivity contribution is -0.160. The summed E-state index contributed by atoms with van der Waals surface area (Å²) in [5, 5.41) is 2.72. The Morgan fingerprint density at radius 3 is 2.14 bits per heavy atom. The van der Waals surface area contributed by atoms with Crippen LogP contribution < -0.4 is 5.32 Å². The highest BCUT2D eigenvalue weighted by atomic mass is 16.6. The van der Waals surface area contributed by atoms with E-state index in [9.17, 15) is 14.4 Å². The van der Waals surface area contributed by atoms with Gasteiger partial charge in [0.15, 0.2) is 0 Å². The molecular weight excluding hydrogens is 448 g/mol. The number of methoxy groups -OCH3 is 1. The maximum absolute atomic E-state index is 13.6. The zero-order valence-corrected chi connectivity index (χ0v) is 22.8. The van der Waals surface area contributed by atoms with Crippen LogP contribution in [0.1, 0.15) is 66.9 Å². The molecule has 1 rings (SSSR count). The molecular formula is C27H44N2O6. The number of amides is 2. The molecule has 0 heterocycles. The highest BCUT2D eigenvalue weighted by Crippen LogP contribution is 2.24. The summed E-state index contributed by atoms with van der Waals surface area (Å²) in [5.41, 5.74) is 0.240. The number of esters is 1. The van der Waals surface area contributed by atoms with Gasteiger partial charge >= 0.3 is 12.1 Å². The molecule has 0 spiro atoms. The molecule has 0 radical (unpaired) electrons. The Balaban J connectivity index is 2.99. The van der Waals surface area contributed by atoms with Crippen LogP contribution in [0, 0.1) is 11.8 Å². The molecule has 1 aromatic carbocycles. The van der Waals surface area contributed by atoms with Crippen molar-refractivity contribution in [2.75, 3.05) is 14.2 Å². The number of ether oxygens (including phenoxy) is 3. The van der Waals surface area contributed by atoms with Gasteiger partial charge in [0.25, 0.3) is 0 Å². The summed E-state index contributed by atoms with van der Waals surface area (Å²) in [6.07, 6.45) is -0.438. The molecule has 35 heavy (non-hydrogen) atoms. The van der Waals surface area contributed by atoms with Gasteiger partial charge in [0.05, 0.1) is 18.6 Å². The zero-order chi connectivity index (χ0) is 26.8. The predicted octanol–water partition coefficient (Wildman–Crippen LogP) is 4.56. The fourth-order valence-corrected chi connectivity index (χ4v) is 3.90. The number of hydrogen-bond acceptors (Lipinski definition) is 6. The van der Waals surface area contributed by atoms with Crippen LogP contribution in [0.5, 0.6) is 0 Å². The van der Waals surface area contributed by atoms with Gasteiger partial charge in [-0.1, -0.05) is 64.4 Å². The van der Waals surface area contributed by atoms with E-state index in [4.69, 9.17) is 14.2 Å². The highest BCUT2D eigenvalue weighted by molar-refractivity contribution is 5.86. The summed E-state index contributed by atoms with van der Waals surface area (Å²) < 4.78 is 16.5. The minimum atomic E-state index is -0.797.